The summed E-state index contributed by atoms with van der Waals surface area (Å²) in [6.07, 6.45) is 0. The van der Waals surface area contributed by atoms with Gasteiger partial charge in [0.05, 0.1) is 6.54 Å². The van der Waals surface area contributed by atoms with Crippen LogP contribution in [0.3, 0.4) is 0 Å². The van der Waals surface area contributed by atoms with E-state index in [1.165, 1.54) is 7.05 Å². The average Bonchev–Trinajstić information content (AvgIpc) is 2.59. The number of hydrogen-bond donors (Lipinski definition) is 2. The summed E-state index contributed by atoms with van der Waals surface area (Å²) in [4.78, 5) is 22.6. The minimum Gasteiger partial charge on any atom is -0.484 e. The molecule has 0 aliphatic heterocycles. The highest BCUT2D eigenvalue weighted by Gasteiger charge is 2.05. The maximum atomic E-state index is 11.5. The summed E-state index contributed by atoms with van der Waals surface area (Å²) < 4.78 is 6.42. The zero-order valence-electron chi connectivity index (χ0n) is 12.6. The Balaban J connectivity index is 1.86. The first kappa shape index (κ1) is 17.0. The molecule has 0 radical (unpaired) electrons. The average molecular weight is 377 g/mol. The molecule has 23 heavy (non-hydrogen) atoms. The minimum atomic E-state index is -0.342. The molecular formula is C17H17BrN2O3. The third-order valence-corrected chi connectivity index (χ3v) is 3.66. The van der Waals surface area contributed by atoms with Crippen molar-refractivity contribution in [3.05, 3.63) is 53.0 Å². The molecule has 0 fully saturated rings. The fourth-order valence-corrected chi connectivity index (χ4v) is 2.12. The van der Waals surface area contributed by atoms with Gasteiger partial charge in [0.1, 0.15) is 5.75 Å². The van der Waals surface area contributed by atoms with Crippen molar-refractivity contribution in [1.29, 1.82) is 0 Å². The van der Waals surface area contributed by atoms with Crippen molar-refractivity contribution in [2.24, 2.45) is 0 Å². The molecule has 0 aliphatic carbocycles. The highest BCUT2D eigenvalue weighted by Crippen LogP contribution is 2.23. The Morgan fingerprint density at radius 2 is 1.52 bits per heavy atom. The largest absolute Gasteiger partial charge is 0.484 e. The summed E-state index contributed by atoms with van der Waals surface area (Å²) in [5.41, 5.74) is 2.16. The zero-order valence-corrected chi connectivity index (χ0v) is 14.2. The number of halogens is 1. The van der Waals surface area contributed by atoms with E-state index in [2.05, 4.69) is 26.6 Å². The number of nitrogens with one attached hydrogen (secondary N) is 2. The number of likely N-dealkylation sites (N-methyl/N-ethyl adjacent to an activating group) is 1. The van der Waals surface area contributed by atoms with E-state index < -0.39 is 0 Å². The Bertz CT molecular complexity index is 669. The SMILES string of the molecule is CNC(=O)CNC(=O)COc1ccc(-c2ccc(Br)cc2)cc1. The standard InChI is InChI=1S/C17H17BrN2O3/c1-19-16(21)10-20-17(22)11-23-15-8-4-13(5-9-15)12-2-6-14(18)7-3-12/h2-9H,10-11H2,1H3,(H,19,21)(H,20,22). The van der Waals surface area contributed by atoms with Gasteiger partial charge < -0.3 is 15.4 Å². The van der Waals surface area contributed by atoms with Gasteiger partial charge in [-0.25, -0.2) is 0 Å². The Kier molecular flexibility index (Phi) is 6.17. The lowest BCUT2D eigenvalue weighted by atomic mass is 10.1. The molecule has 0 bridgehead atoms. The van der Waals surface area contributed by atoms with Crippen LogP contribution in [-0.2, 0) is 9.59 Å². The van der Waals surface area contributed by atoms with Crippen LogP contribution >= 0.6 is 15.9 Å². The van der Waals surface area contributed by atoms with Gasteiger partial charge in [0.2, 0.25) is 5.91 Å². The summed E-state index contributed by atoms with van der Waals surface area (Å²) in [5.74, 6) is 0.00346. The van der Waals surface area contributed by atoms with Crippen LogP contribution in [0, 0.1) is 0 Å². The number of benzene rings is 2. The maximum absolute atomic E-state index is 11.5. The second-order valence-electron chi connectivity index (χ2n) is 4.77. The van der Waals surface area contributed by atoms with Gasteiger partial charge in [-0.2, -0.15) is 0 Å². The lowest BCUT2D eigenvalue weighted by molar-refractivity contribution is -0.127. The van der Waals surface area contributed by atoms with Gasteiger partial charge >= 0.3 is 0 Å². The van der Waals surface area contributed by atoms with Crippen molar-refractivity contribution in [3.8, 4) is 16.9 Å². The first-order valence-corrected chi connectivity index (χ1v) is 7.84. The van der Waals surface area contributed by atoms with Crippen molar-refractivity contribution < 1.29 is 14.3 Å². The second kappa shape index (κ2) is 8.33. The van der Waals surface area contributed by atoms with Crippen LogP contribution in [0.1, 0.15) is 0 Å². The molecule has 2 N–H and O–H groups in total. The first-order valence-electron chi connectivity index (χ1n) is 7.04. The van der Waals surface area contributed by atoms with Gasteiger partial charge in [0.25, 0.3) is 5.91 Å². The number of rotatable bonds is 6. The Morgan fingerprint density at radius 1 is 0.957 bits per heavy atom. The van der Waals surface area contributed by atoms with Crippen LogP contribution in [-0.4, -0.2) is 32.0 Å². The maximum Gasteiger partial charge on any atom is 0.258 e. The Hall–Kier alpha value is -2.34. The van der Waals surface area contributed by atoms with E-state index in [-0.39, 0.29) is 25.0 Å². The van der Waals surface area contributed by atoms with Crippen molar-refractivity contribution in [2.75, 3.05) is 20.2 Å². The fourth-order valence-electron chi connectivity index (χ4n) is 1.85. The molecule has 120 valence electrons. The number of carbonyl (C=O) groups is 2. The molecule has 6 heteroatoms. The molecule has 0 unspecified atom stereocenters. The summed E-state index contributed by atoms with van der Waals surface area (Å²) in [7, 11) is 1.51. The first-order chi connectivity index (χ1) is 11.1. The Labute approximate surface area is 143 Å². The fraction of sp³-hybridized carbons (Fsp3) is 0.176. The molecule has 0 heterocycles. The van der Waals surface area contributed by atoms with Gasteiger partial charge in [0.15, 0.2) is 6.61 Å². The van der Waals surface area contributed by atoms with Crippen molar-refractivity contribution in [1.82, 2.24) is 10.6 Å². The molecule has 2 amide bonds. The van der Waals surface area contributed by atoms with Crippen LogP contribution in [0.2, 0.25) is 0 Å². The van der Waals surface area contributed by atoms with Crippen molar-refractivity contribution >= 4 is 27.7 Å². The van der Waals surface area contributed by atoms with E-state index in [4.69, 9.17) is 4.74 Å². The third kappa shape index (κ3) is 5.41. The van der Waals surface area contributed by atoms with E-state index in [1.807, 2.05) is 48.5 Å². The zero-order chi connectivity index (χ0) is 16.7. The summed E-state index contributed by atoms with van der Waals surface area (Å²) in [5, 5.41) is 4.89. The molecule has 2 rings (SSSR count). The van der Waals surface area contributed by atoms with E-state index >= 15 is 0 Å². The molecule has 5 nitrogen and oxygen atoms in total. The summed E-state index contributed by atoms with van der Waals surface area (Å²) >= 11 is 3.41. The predicted octanol–water partition coefficient (Wildman–Crippen LogP) is 2.36. The minimum absolute atomic E-state index is 0.0544. The summed E-state index contributed by atoms with van der Waals surface area (Å²) in [6.45, 7) is -0.185. The molecule has 0 aromatic heterocycles. The van der Waals surface area contributed by atoms with Gasteiger partial charge in [0, 0.05) is 11.5 Å². The molecule has 0 spiro atoms. The smallest absolute Gasteiger partial charge is 0.258 e. The summed E-state index contributed by atoms with van der Waals surface area (Å²) in [6, 6.07) is 15.5. The van der Waals surface area contributed by atoms with Crippen LogP contribution in [0.5, 0.6) is 5.75 Å². The number of amides is 2. The topological polar surface area (TPSA) is 67.4 Å². The molecular weight excluding hydrogens is 360 g/mol. The number of carbonyl (C=O) groups excluding carboxylic acids is 2. The van der Waals surface area contributed by atoms with E-state index in [0.717, 1.165) is 15.6 Å². The van der Waals surface area contributed by atoms with Crippen LogP contribution < -0.4 is 15.4 Å². The van der Waals surface area contributed by atoms with Gasteiger partial charge in [-0.3, -0.25) is 9.59 Å². The van der Waals surface area contributed by atoms with Crippen LogP contribution in [0.25, 0.3) is 11.1 Å². The Morgan fingerprint density at radius 3 is 2.09 bits per heavy atom. The highest BCUT2D eigenvalue weighted by molar-refractivity contribution is 9.10. The monoisotopic (exact) mass is 376 g/mol. The van der Waals surface area contributed by atoms with Crippen molar-refractivity contribution in [3.63, 3.8) is 0 Å². The number of hydrogen-bond acceptors (Lipinski definition) is 3. The van der Waals surface area contributed by atoms with Gasteiger partial charge in [-0.1, -0.05) is 40.2 Å². The molecule has 0 saturated heterocycles. The lowest BCUT2D eigenvalue weighted by Crippen LogP contribution is -2.37. The lowest BCUT2D eigenvalue weighted by Gasteiger charge is -2.08. The van der Waals surface area contributed by atoms with Crippen LogP contribution in [0.15, 0.2) is 53.0 Å². The van der Waals surface area contributed by atoms with E-state index in [0.29, 0.717) is 5.75 Å². The highest BCUT2D eigenvalue weighted by atomic mass is 79.9. The molecule has 2 aromatic rings. The van der Waals surface area contributed by atoms with Crippen molar-refractivity contribution in [2.45, 2.75) is 0 Å². The quantitative estimate of drug-likeness (QED) is 0.812. The van der Waals surface area contributed by atoms with Crippen LogP contribution in [0.4, 0.5) is 0 Å². The predicted molar refractivity (Wildman–Crippen MR) is 92.1 cm³/mol. The molecule has 2 aromatic carbocycles. The number of ether oxygens (including phenoxy) is 1. The molecule has 0 atom stereocenters. The third-order valence-electron chi connectivity index (χ3n) is 3.13. The van der Waals surface area contributed by atoms with Gasteiger partial charge in [-0.15, -0.1) is 0 Å². The van der Waals surface area contributed by atoms with E-state index in [1.54, 1.807) is 0 Å². The normalized spacial score (nSPS) is 10.0. The molecule has 0 aliphatic rings. The van der Waals surface area contributed by atoms with E-state index in [9.17, 15) is 9.59 Å². The molecule has 0 saturated carbocycles. The van der Waals surface area contributed by atoms with Gasteiger partial charge in [-0.05, 0) is 35.4 Å². The second-order valence-corrected chi connectivity index (χ2v) is 5.69.